The molecule has 19 heavy (non-hydrogen) atoms. The highest BCUT2D eigenvalue weighted by atomic mass is 16.3. The van der Waals surface area contributed by atoms with Crippen LogP contribution in [0.2, 0.25) is 0 Å². The van der Waals surface area contributed by atoms with Crippen LogP contribution >= 0.6 is 0 Å². The summed E-state index contributed by atoms with van der Waals surface area (Å²) >= 11 is 0. The number of benzene rings is 2. The SMILES string of the molecule is CC[C@@H](CCc1ccc(O)cc1)c1ccc(O)cc1. The fourth-order valence-electron chi connectivity index (χ4n) is 2.36. The molecule has 0 aliphatic carbocycles. The van der Waals surface area contributed by atoms with Gasteiger partial charge < -0.3 is 10.2 Å². The molecule has 2 aromatic rings. The van der Waals surface area contributed by atoms with Crippen molar-refractivity contribution in [1.82, 2.24) is 0 Å². The molecule has 2 heteroatoms. The number of rotatable bonds is 5. The van der Waals surface area contributed by atoms with Crippen molar-refractivity contribution in [3.05, 3.63) is 59.7 Å². The third kappa shape index (κ3) is 3.75. The lowest BCUT2D eigenvalue weighted by Crippen LogP contribution is -1.99. The second-order valence-corrected chi connectivity index (χ2v) is 4.90. The highest BCUT2D eigenvalue weighted by Crippen LogP contribution is 2.26. The lowest BCUT2D eigenvalue weighted by Gasteiger charge is -2.15. The number of aryl methyl sites for hydroxylation is 1. The van der Waals surface area contributed by atoms with Crippen molar-refractivity contribution >= 4 is 0 Å². The molecule has 0 unspecified atom stereocenters. The third-order valence-electron chi connectivity index (χ3n) is 3.58. The van der Waals surface area contributed by atoms with Gasteiger partial charge in [-0.05, 0) is 60.6 Å². The maximum Gasteiger partial charge on any atom is 0.115 e. The maximum absolute atomic E-state index is 9.32. The van der Waals surface area contributed by atoms with E-state index >= 15 is 0 Å². The zero-order valence-corrected chi connectivity index (χ0v) is 11.2. The van der Waals surface area contributed by atoms with Crippen molar-refractivity contribution in [2.75, 3.05) is 0 Å². The van der Waals surface area contributed by atoms with E-state index in [4.69, 9.17) is 0 Å². The highest BCUT2D eigenvalue weighted by molar-refractivity contribution is 5.29. The van der Waals surface area contributed by atoms with Gasteiger partial charge in [-0.3, -0.25) is 0 Å². The van der Waals surface area contributed by atoms with E-state index in [0.717, 1.165) is 19.3 Å². The Morgan fingerprint density at radius 1 is 0.842 bits per heavy atom. The van der Waals surface area contributed by atoms with Gasteiger partial charge in [-0.25, -0.2) is 0 Å². The Morgan fingerprint density at radius 2 is 1.37 bits per heavy atom. The predicted molar refractivity (Wildman–Crippen MR) is 77.6 cm³/mol. The van der Waals surface area contributed by atoms with Gasteiger partial charge in [0.25, 0.3) is 0 Å². The van der Waals surface area contributed by atoms with Gasteiger partial charge >= 0.3 is 0 Å². The standard InChI is InChI=1S/C17H20O2/c1-2-14(15-7-11-17(19)12-8-15)6-3-13-4-9-16(18)10-5-13/h4-5,7-12,14,18-19H,2-3,6H2,1H3/t14-/m0/s1. The van der Waals surface area contributed by atoms with Crippen LogP contribution in [0.25, 0.3) is 0 Å². The molecule has 0 saturated heterocycles. The molecule has 1 atom stereocenters. The topological polar surface area (TPSA) is 40.5 Å². The van der Waals surface area contributed by atoms with E-state index < -0.39 is 0 Å². The van der Waals surface area contributed by atoms with Gasteiger partial charge in [0.1, 0.15) is 11.5 Å². The smallest absolute Gasteiger partial charge is 0.115 e. The van der Waals surface area contributed by atoms with E-state index in [9.17, 15) is 10.2 Å². The molecule has 0 bridgehead atoms. The Hall–Kier alpha value is -1.96. The molecule has 0 aliphatic heterocycles. The Morgan fingerprint density at radius 3 is 1.89 bits per heavy atom. The van der Waals surface area contributed by atoms with Crippen LogP contribution in [-0.2, 0) is 6.42 Å². The van der Waals surface area contributed by atoms with Crippen molar-refractivity contribution in [2.24, 2.45) is 0 Å². The molecular formula is C17H20O2. The van der Waals surface area contributed by atoms with E-state index in [-0.39, 0.29) is 0 Å². The van der Waals surface area contributed by atoms with Crippen LogP contribution < -0.4 is 0 Å². The summed E-state index contributed by atoms with van der Waals surface area (Å²) in [6, 6.07) is 14.9. The first kappa shape index (κ1) is 13.5. The summed E-state index contributed by atoms with van der Waals surface area (Å²) in [4.78, 5) is 0. The number of aromatic hydroxyl groups is 2. The lowest BCUT2D eigenvalue weighted by atomic mass is 9.90. The zero-order chi connectivity index (χ0) is 13.7. The lowest BCUT2D eigenvalue weighted by molar-refractivity contribution is 0.474. The number of phenols is 2. The molecule has 0 spiro atoms. The Balaban J connectivity index is 1.99. The molecule has 0 amide bonds. The second kappa shape index (κ2) is 6.28. The normalized spacial score (nSPS) is 12.3. The molecule has 0 saturated carbocycles. The highest BCUT2D eigenvalue weighted by Gasteiger charge is 2.09. The summed E-state index contributed by atoms with van der Waals surface area (Å²) in [6.45, 7) is 2.19. The van der Waals surface area contributed by atoms with E-state index in [2.05, 4.69) is 6.92 Å². The molecule has 100 valence electrons. The number of hydrogen-bond acceptors (Lipinski definition) is 2. The Labute approximate surface area is 114 Å². The quantitative estimate of drug-likeness (QED) is 0.840. The van der Waals surface area contributed by atoms with Crippen molar-refractivity contribution in [1.29, 1.82) is 0 Å². The van der Waals surface area contributed by atoms with E-state index in [1.807, 2.05) is 24.3 Å². The van der Waals surface area contributed by atoms with Crippen molar-refractivity contribution in [3.63, 3.8) is 0 Å². The summed E-state index contributed by atoms with van der Waals surface area (Å²) < 4.78 is 0. The van der Waals surface area contributed by atoms with Gasteiger partial charge in [-0.15, -0.1) is 0 Å². The molecule has 0 aliphatic rings. The molecule has 0 fully saturated rings. The molecule has 0 aromatic heterocycles. The van der Waals surface area contributed by atoms with Crippen molar-refractivity contribution < 1.29 is 10.2 Å². The van der Waals surface area contributed by atoms with Crippen molar-refractivity contribution in [2.45, 2.75) is 32.1 Å². The minimum atomic E-state index is 0.314. The average Bonchev–Trinajstić information content (AvgIpc) is 2.43. The first-order valence-corrected chi connectivity index (χ1v) is 6.76. The summed E-state index contributed by atoms with van der Waals surface area (Å²) in [6.07, 6.45) is 3.16. The second-order valence-electron chi connectivity index (χ2n) is 4.90. The summed E-state index contributed by atoms with van der Waals surface area (Å²) in [5, 5.41) is 18.6. The van der Waals surface area contributed by atoms with Crippen LogP contribution in [0.1, 0.15) is 36.8 Å². The van der Waals surface area contributed by atoms with Gasteiger partial charge in [0.15, 0.2) is 0 Å². The Bertz CT molecular complexity index is 500. The number of hydrogen-bond donors (Lipinski definition) is 2. The van der Waals surface area contributed by atoms with E-state index in [1.165, 1.54) is 11.1 Å². The van der Waals surface area contributed by atoms with Gasteiger partial charge in [0.2, 0.25) is 0 Å². The monoisotopic (exact) mass is 256 g/mol. The molecule has 0 heterocycles. The van der Waals surface area contributed by atoms with Gasteiger partial charge in [0, 0.05) is 0 Å². The maximum atomic E-state index is 9.32. The molecule has 0 radical (unpaired) electrons. The van der Waals surface area contributed by atoms with Crippen LogP contribution in [0, 0.1) is 0 Å². The molecule has 2 aromatic carbocycles. The minimum Gasteiger partial charge on any atom is -0.508 e. The summed E-state index contributed by atoms with van der Waals surface area (Å²) in [5.74, 6) is 1.14. The number of phenolic OH excluding ortho intramolecular Hbond substituents is 2. The van der Waals surface area contributed by atoms with Gasteiger partial charge in [0.05, 0.1) is 0 Å². The average molecular weight is 256 g/mol. The summed E-state index contributed by atoms with van der Waals surface area (Å²) in [5.41, 5.74) is 2.52. The molecular weight excluding hydrogens is 236 g/mol. The zero-order valence-electron chi connectivity index (χ0n) is 11.2. The molecule has 2 nitrogen and oxygen atoms in total. The van der Waals surface area contributed by atoms with Crippen LogP contribution in [-0.4, -0.2) is 10.2 Å². The van der Waals surface area contributed by atoms with Crippen LogP contribution in [0.5, 0.6) is 11.5 Å². The fourth-order valence-corrected chi connectivity index (χ4v) is 2.36. The van der Waals surface area contributed by atoms with Crippen molar-refractivity contribution in [3.8, 4) is 11.5 Å². The first-order valence-electron chi connectivity index (χ1n) is 6.76. The first-order chi connectivity index (χ1) is 9.19. The predicted octanol–water partition coefficient (Wildman–Crippen LogP) is 4.22. The molecule has 2 rings (SSSR count). The van der Waals surface area contributed by atoms with Crippen LogP contribution in [0.15, 0.2) is 48.5 Å². The van der Waals surface area contributed by atoms with Gasteiger partial charge in [-0.1, -0.05) is 31.2 Å². The molecule has 2 N–H and O–H groups in total. The van der Waals surface area contributed by atoms with Crippen LogP contribution in [0.3, 0.4) is 0 Å². The third-order valence-corrected chi connectivity index (χ3v) is 3.58. The minimum absolute atomic E-state index is 0.314. The van der Waals surface area contributed by atoms with E-state index in [0.29, 0.717) is 17.4 Å². The largest absolute Gasteiger partial charge is 0.508 e. The van der Waals surface area contributed by atoms with Gasteiger partial charge in [-0.2, -0.15) is 0 Å². The Kier molecular flexibility index (Phi) is 4.45. The van der Waals surface area contributed by atoms with E-state index in [1.54, 1.807) is 24.3 Å². The fraction of sp³-hybridized carbons (Fsp3) is 0.294. The summed E-state index contributed by atoms with van der Waals surface area (Å²) in [7, 11) is 0. The van der Waals surface area contributed by atoms with Crippen LogP contribution in [0.4, 0.5) is 0 Å².